The van der Waals surface area contributed by atoms with Crippen LogP contribution < -0.4 is 0 Å². The summed E-state index contributed by atoms with van der Waals surface area (Å²) in [7, 11) is 0. The molecule has 0 aromatic carbocycles. The number of hydrogen-bond donors (Lipinski definition) is 7. The van der Waals surface area contributed by atoms with Gasteiger partial charge in [0.15, 0.2) is 12.6 Å². The molecule has 11 atom stereocenters. The van der Waals surface area contributed by atoms with Gasteiger partial charge in [-0.1, -0.05) is 192 Å². The summed E-state index contributed by atoms with van der Waals surface area (Å²) in [5.41, 5.74) is 0. The van der Waals surface area contributed by atoms with Gasteiger partial charge in [0.1, 0.15) is 54.9 Å². The second-order valence-electron chi connectivity index (χ2n) is 19.8. The van der Waals surface area contributed by atoms with Crippen molar-refractivity contribution in [1.82, 2.24) is 0 Å². The van der Waals surface area contributed by atoms with Crippen LogP contribution in [0.3, 0.4) is 0 Å². The van der Waals surface area contributed by atoms with E-state index in [9.17, 15) is 40.5 Å². The zero-order chi connectivity index (χ0) is 50.2. The standard InChI is InChI=1S/C55H102O14/c1-3-5-7-9-11-13-15-17-19-21-22-23-24-26-28-30-32-34-36-38-47(57)67-44(41-64-39-37-35-33-31-29-27-25-20-18-16-14-12-10-8-6-4-2)42-65-54-53(63)51(61)49(59)46(69-54)43-66-55-52(62)50(60)48(58)45(40-56)68-55/h11,13,17,19,44-46,48-56,58-63H,3-10,12,14-16,18,20-43H2,1-2H3/b13-11-,19-17-. The van der Waals surface area contributed by atoms with Gasteiger partial charge in [0.05, 0.1) is 26.4 Å². The van der Waals surface area contributed by atoms with Crippen molar-refractivity contribution in [3.05, 3.63) is 24.3 Å². The molecular formula is C55H102O14. The van der Waals surface area contributed by atoms with E-state index >= 15 is 0 Å². The number of aliphatic hydroxyl groups excluding tert-OH is 7. The number of hydrogen-bond acceptors (Lipinski definition) is 14. The number of esters is 1. The average molecular weight is 987 g/mol. The minimum absolute atomic E-state index is 0.0644. The predicted octanol–water partition coefficient (Wildman–Crippen LogP) is 9.19. The zero-order valence-electron chi connectivity index (χ0n) is 43.3. The number of rotatable bonds is 45. The molecule has 0 amide bonds. The quantitative estimate of drug-likeness (QED) is 0.0172. The van der Waals surface area contributed by atoms with Gasteiger partial charge < -0.3 is 64.2 Å². The SMILES string of the molecule is CCCCC/C=C\C/C=C\CCCCCCCCCCCC(=O)OC(COCCCCCCCCCCCCCCCCCC)COC1OC(COC2OC(CO)C(O)C(O)C2O)C(O)C(O)C1O. The van der Waals surface area contributed by atoms with Gasteiger partial charge in [0.2, 0.25) is 0 Å². The van der Waals surface area contributed by atoms with Crippen molar-refractivity contribution in [3.63, 3.8) is 0 Å². The summed E-state index contributed by atoms with van der Waals surface area (Å²) in [6, 6.07) is 0. The van der Waals surface area contributed by atoms with Crippen LogP contribution in [0.5, 0.6) is 0 Å². The molecule has 2 heterocycles. The first-order valence-electron chi connectivity index (χ1n) is 27.9. The highest BCUT2D eigenvalue weighted by Crippen LogP contribution is 2.27. The van der Waals surface area contributed by atoms with Crippen LogP contribution in [-0.2, 0) is 33.2 Å². The van der Waals surface area contributed by atoms with E-state index in [1.54, 1.807) is 0 Å². The highest BCUT2D eigenvalue weighted by molar-refractivity contribution is 5.69. The average Bonchev–Trinajstić information content (AvgIpc) is 3.35. The monoisotopic (exact) mass is 987 g/mol. The Hall–Kier alpha value is -1.53. The van der Waals surface area contributed by atoms with Gasteiger partial charge in [-0.15, -0.1) is 0 Å². The molecule has 0 bridgehead atoms. The minimum Gasteiger partial charge on any atom is -0.457 e. The maximum atomic E-state index is 13.0. The van der Waals surface area contributed by atoms with Gasteiger partial charge >= 0.3 is 5.97 Å². The highest BCUT2D eigenvalue weighted by Gasteiger charge is 2.47. The summed E-state index contributed by atoms with van der Waals surface area (Å²) in [5, 5.41) is 72.2. The molecule has 2 aliphatic heterocycles. The van der Waals surface area contributed by atoms with Crippen LogP contribution in [0.4, 0.5) is 0 Å². The number of unbranched alkanes of at least 4 members (excludes halogenated alkanes) is 27. The summed E-state index contributed by atoms with van der Waals surface area (Å²) in [5.74, 6) is -0.377. The van der Waals surface area contributed by atoms with Crippen LogP contribution in [0.2, 0.25) is 0 Å². The molecule has 406 valence electrons. The Balaban J connectivity index is 1.73. The Bertz CT molecular complexity index is 1240. The summed E-state index contributed by atoms with van der Waals surface area (Å²) in [6.45, 7) is 3.70. The van der Waals surface area contributed by atoms with Crippen LogP contribution in [0.25, 0.3) is 0 Å². The Kier molecular flexibility index (Phi) is 39.6. The lowest BCUT2D eigenvalue weighted by molar-refractivity contribution is -0.332. The first-order chi connectivity index (χ1) is 33.6. The second-order valence-corrected chi connectivity index (χ2v) is 19.8. The van der Waals surface area contributed by atoms with Gasteiger partial charge in [0, 0.05) is 13.0 Å². The third-order valence-corrected chi connectivity index (χ3v) is 13.5. The topological polar surface area (TPSA) is 214 Å². The van der Waals surface area contributed by atoms with E-state index in [0.29, 0.717) is 13.0 Å². The highest BCUT2D eigenvalue weighted by atomic mass is 16.7. The van der Waals surface area contributed by atoms with Gasteiger partial charge in [-0.2, -0.15) is 0 Å². The van der Waals surface area contributed by atoms with Crippen molar-refractivity contribution in [2.45, 2.75) is 287 Å². The van der Waals surface area contributed by atoms with Gasteiger partial charge in [-0.05, 0) is 44.9 Å². The first-order valence-corrected chi connectivity index (χ1v) is 27.9. The smallest absolute Gasteiger partial charge is 0.306 e. The summed E-state index contributed by atoms with van der Waals surface area (Å²) in [4.78, 5) is 13.0. The maximum absolute atomic E-state index is 13.0. The van der Waals surface area contributed by atoms with Gasteiger partial charge in [-0.25, -0.2) is 0 Å². The normalized spacial score (nSPS) is 25.8. The van der Waals surface area contributed by atoms with E-state index in [1.165, 1.54) is 141 Å². The van der Waals surface area contributed by atoms with E-state index in [0.717, 1.165) is 51.4 Å². The lowest BCUT2D eigenvalue weighted by Crippen LogP contribution is -2.61. The van der Waals surface area contributed by atoms with Crippen LogP contribution in [-0.4, -0.2) is 142 Å². The number of allylic oxidation sites excluding steroid dienone is 4. The Labute approximate surface area is 417 Å². The molecule has 2 rings (SSSR count). The molecule has 11 unspecified atom stereocenters. The maximum Gasteiger partial charge on any atom is 0.306 e. The molecule has 0 radical (unpaired) electrons. The molecule has 14 nitrogen and oxygen atoms in total. The fourth-order valence-electron chi connectivity index (χ4n) is 8.90. The molecule has 0 spiro atoms. The lowest BCUT2D eigenvalue weighted by atomic mass is 9.98. The van der Waals surface area contributed by atoms with Crippen molar-refractivity contribution < 1.29 is 69.0 Å². The van der Waals surface area contributed by atoms with Crippen molar-refractivity contribution in [3.8, 4) is 0 Å². The van der Waals surface area contributed by atoms with Gasteiger partial charge in [0.25, 0.3) is 0 Å². The molecule has 2 aliphatic rings. The largest absolute Gasteiger partial charge is 0.457 e. The molecule has 2 fully saturated rings. The van der Waals surface area contributed by atoms with Crippen LogP contribution >= 0.6 is 0 Å². The number of carbonyl (C=O) groups is 1. The fourth-order valence-corrected chi connectivity index (χ4v) is 8.90. The van der Waals surface area contributed by atoms with Gasteiger partial charge in [-0.3, -0.25) is 4.79 Å². The molecule has 0 aromatic rings. The van der Waals surface area contributed by atoms with E-state index in [-0.39, 0.29) is 25.6 Å². The van der Waals surface area contributed by atoms with E-state index < -0.39 is 80.7 Å². The molecular weight excluding hydrogens is 885 g/mol. The second kappa shape index (κ2) is 42.9. The van der Waals surface area contributed by atoms with Crippen molar-refractivity contribution in [1.29, 1.82) is 0 Å². The summed E-state index contributed by atoms with van der Waals surface area (Å²) >= 11 is 0. The molecule has 14 heteroatoms. The third-order valence-electron chi connectivity index (χ3n) is 13.5. The van der Waals surface area contributed by atoms with E-state index in [4.69, 9.17) is 28.4 Å². The molecule has 0 aliphatic carbocycles. The number of ether oxygens (including phenoxy) is 6. The lowest BCUT2D eigenvalue weighted by Gasteiger charge is -2.42. The summed E-state index contributed by atoms with van der Waals surface area (Å²) < 4.78 is 34.4. The third kappa shape index (κ3) is 30.3. The summed E-state index contributed by atoms with van der Waals surface area (Å²) in [6.07, 6.45) is 30.9. The first kappa shape index (κ1) is 63.6. The van der Waals surface area contributed by atoms with Crippen LogP contribution in [0, 0.1) is 0 Å². The van der Waals surface area contributed by atoms with E-state index in [1.807, 2.05) is 0 Å². The molecule has 7 N–H and O–H groups in total. The Morgan fingerprint density at radius 1 is 0.478 bits per heavy atom. The van der Waals surface area contributed by atoms with Crippen molar-refractivity contribution in [2.75, 3.05) is 33.0 Å². The molecule has 0 aromatic heterocycles. The van der Waals surface area contributed by atoms with Crippen molar-refractivity contribution >= 4 is 5.97 Å². The Morgan fingerprint density at radius 3 is 1.42 bits per heavy atom. The van der Waals surface area contributed by atoms with Crippen LogP contribution in [0.1, 0.15) is 219 Å². The molecule has 0 saturated carbocycles. The number of aliphatic hydroxyl groups is 7. The van der Waals surface area contributed by atoms with Crippen molar-refractivity contribution in [2.24, 2.45) is 0 Å². The molecule has 2 saturated heterocycles. The Morgan fingerprint density at radius 2 is 0.899 bits per heavy atom. The predicted molar refractivity (Wildman–Crippen MR) is 270 cm³/mol. The zero-order valence-corrected chi connectivity index (χ0v) is 43.3. The minimum atomic E-state index is -1.70. The van der Waals surface area contributed by atoms with Crippen LogP contribution in [0.15, 0.2) is 24.3 Å². The molecule has 69 heavy (non-hydrogen) atoms. The van der Waals surface area contributed by atoms with E-state index in [2.05, 4.69) is 38.2 Å². The number of carbonyl (C=O) groups excluding carboxylic acids is 1. The fraction of sp³-hybridized carbons (Fsp3) is 0.909.